The number of carbonyl (C=O) groups is 2. The van der Waals surface area contributed by atoms with Crippen molar-refractivity contribution in [1.82, 2.24) is 5.32 Å². The fourth-order valence-corrected chi connectivity index (χ4v) is 1.82. The molecule has 1 N–H and O–H groups in total. The van der Waals surface area contributed by atoms with Gasteiger partial charge in [-0.1, -0.05) is 12.1 Å². The van der Waals surface area contributed by atoms with Crippen LogP contribution in [-0.2, 0) is 14.3 Å². The van der Waals surface area contributed by atoms with E-state index in [1.807, 2.05) is 6.92 Å². The summed E-state index contributed by atoms with van der Waals surface area (Å²) in [5.74, 6) is 0.184. The first-order chi connectivity index (χ1) is 10.7. The van der Waals surface area contributed by atoms with E-state index in [9.17, 15) is 9.59 Å². The molecule has 0 aliphatic carbocycles. The number of hydrogen-bond donors (Lipinski definition) is 1. The van der Waals surface area contributed by atoms with Crippen LogP contribution in [-0.4, -0.2) is 32.2 Å². The highest BCUT2D eigenvalue weighted by Crippen LogP contribution is 2.32. The number of hydrogen-bond acceptors (Lipinski definition) is 6. The number of carbonyl (C=O) groups excluding carboxylic acids is 2. The molecule has 6 nitrogen and oxygen atoms in total. The number of nitrogens with one attached hydrogen (secondary N) is 1. The van der Waals surface area contributed by atoms with E-state index >= 15 is 0 Å². The van der Waals surface area contributed by atoms with Gasteiger partial charge in [-0.3, -0.25) is 4.79 Å². The predicted octanol–water partition coefficient (Wildman–Crippen LogP) is 1.66. The molecule has 0 saturated heterocycles. The molecule has 1 aliphatic rings. The monoisotopic (exact) mass is 303 g/mol. The number of fused-ring (bicyclic) bond motifs is 1. The largest absolute Gasteiger partial charge is 0.465 e. The van der Waals surface area contributed by atoms with E-state index in [0.29, 0.717) is 18.0 Å². The van der Waals surface area contributed by atoms with Gasteiger partial charge in [0, 0.05) is 12.7 Å². The third kappa shape index (κ3) is 3.66. The molecule has 116 valence electrons. The van der Waals surface area contributed by atoms with Crippen LogP contribution in [0.25, 0.3) is 6.08 Å². The van der Waals surface area contributed by atoms with Gasteiger partial charge in [0.25, 0.3) is 0 Å². The van der Waals surface area contributed by atoms with Gasteiger partial charge in [0.05, 0.1) is 7.11 Å². The van der Waals surface area contributed by atoms with E-state index in [2.05, 4.69) is 10.1 Å². The Morgan fingerprint density at radius 1 is 1.32 bits per heavy atom. The van der Waals surface area contributed by atoms with Gasteiger partial charge in [-0.15, -0.1) is 0 Å². The molecule has 0 fully saturated rings. The second-order valence-corrected chi connectivity index (χ2v) is 4.42. The van der Waals surface area contributed by atoms with Gasteiger partial charge in [0.2, 0.25) is 6.79 Å². The van der Waals surface area contributed by atoms with Crippen LogP contribution >= 0.6 is 0 Å². The van der Waals surface area contributed by atoms with Gasteiger partial charge in [-0.05, 0) is 30.7 Å². The van der Waals surface area contributed by atoms with E-state index < -0.39 is 11.8 Å². The van der Waals surface area contributed by atoms with Crippen LogP contribution in [0.3, 0.4) is 0 Å². The van der Waals surface area contributed by atoms with E-state index in [0.717, 1.165) is 5.56 Å². The third-order valence-corrected chi connectivity index (χ3v) is 2.95. The van der Waals surface area contributed by atoms with Crippen molar-refractivity contribution in [3.8, 4) is 11.5 Å². The van der Waals surface area contributed by atoms with Crippen LogP contribution in [0.2, 0.25) is 0 Å². The topological polar surface area (TPSA) is 73.9 Å². The predicted molar refractivity (Wildman–Crippen MR) is 80.4 cm³/mol. The molecule has 0 aromatic heterocycles. The van der Waals surface area contributed by atoms with Gasteiger partial charge in [-0.25, -0.2) is 4.79 Å². The second-order valence-electron chi connectivity index (χ2n) is 4.42. The first-order valence-electron chi connectivity index (χ1n) is 6.79. The zero-order valence-electron chi connectivity index (χ0n) is 12.4. The smallest absolute Gasteiger partial charge is 0.343 e. The molecule has 1 aromatic carbocycles. The molecule has 0 amide bonds. The maximum atomic E-state index is 12.1. The maximum absolute atomic E-state index is 12.1. The Kier molecular flexibility index (Phi) is 5.19. The molecule has 1 aliphatic heterocycles. The molecule has 6 heteroatoms. The Bertz CT molecular complexity index is 633. The summed E-state index contributed by atoms with van der Waals surface area (Å²) in [4.78, 5) is 23.7. The lowest BCUT2D eigenvalue weighted by molar-refractivity contribution is -0.137. The Morgan fingerprint density at radius 3 is 2.82 bits per heavy atom. The van der Waals surface area contributed by atoms with Crippen molar-refractivity contribution in [2.75, 3.05) is 20.4 Å². The fraction of sp³-hybridized carbons (Fsp3) is 0.250. The number of methoxy groups -OCH3 is 1. The highest BCUT2D eigenvalue weighted by Gasteiger charge is 2.17. The van der Waals surface area contributed by atoms with Crippen LogP contribution in [0, 0.1) is 0 Å². The molecule has 0 spiro atoms. The number of rotatable bonds is 6. The first kappa shape index (κ1) is 15.6. The summed E-state index contributed by atoms with van der Waals surface area (Å²) in [6.45, 7) is 2.65. The van der Waals surface area contributed by atoms with Gasteiger partial charge >= 0.3 is 5.97 Å². The van der Waals surface area contributed by atoms with Crippen molar-refractivity contribution < 1.29 is 23.8 Å². The Labute approximate surface area is 128 Å². The molecule has 1 aromatic rings. The van der Waals surface area contributed by atoms with Gasteiger partial charge < -0.3 is 19.5 Å². The molecular formula is C16H17NO5. The maximum Gasteiger partial charge on any atom is 0.343 e. The summed E-state index contributed by atoms with van der Waals surface area (Å²) < 4.78 is 15.1. The zero-order valence-corrected chi connectivity index (χ0v) is 12.4. The summed E-state index contributed by atoms with van der Waals surface area (Å²) >= 11 is 0. The average Bonchev–Trinajstić information content (AvgIpc) is 3.00. The molecule has 0 radical (unpaired) electrons. The molecule has 0 saturated carbocycles. The van der Waals surface area contributed by atoms with E-state index in [4.69, 9.17) is 9.47 Å². The Balaban J connectivity index is 2.13. The van der Waals surface area contributed by atoms with Crippen molar-refractivity contribution in [2.45, 2.75) is 6.92 Å². The first-order valence-corrected chi connectivity index (χ1v) is 6.79. The number of esters is 1. The van der Waals surface area contributed by atoms with Crippen molar-refractivity contribution in [3.63, 3.8) is 0 Å². The van der Waals surface area contributed by atoms with Crippen LogP contribution in [0.4, 0.5) is 0 Å². The van der Waals surface area contributed by atoms with E-state index in [1.165, 1.54) is 19.4 Å². The molecule has 22 heavy (non-hydrogen) atoms. The average molecular weight is 303 g/mol. The van der Waals surface area contributed by atoms with Crippen LogP contribution in [0.15, 0.2) is 36.0 Å². The quantitative estimate of drug-likeness (QED) is 0.373. The Hall–Kier alpha value is -2.76. The molecular weight excluding hydrogens is 286 g/mol. The lowest BCUT2D eigenvalue weighted by Crippen LogP contribution is -2.17. The van der Waals surface area contributed by atoms with Gasteiger partial charge in [0.15, 0.2) is 17.3 Å². The highest BCUT2D eigenvalue weighted by molar-refractivity contribution is 6.22. The summed E-state index contributed by atoms with van der Waals surface area (Å²) in [7, 11) is 1.23. The second kappa shape index (κ2) is 7.31. The molecule has 0 unspecified atom stereocenters. The normalized spacial score (nSPS) is 13.3. The lowest BCUT2D eigenvalue weighted by atomic mass is 10.1. The van der Waals surface area contributed by atoms with Crippen molar-refractivity contribution in [1.29, 1.82) is 0 Å². The Morgan fingerprint density at radius 2 is 2.09 bits per heavy atom. The summed E-state index contributed by atoms with van der Waals surface area (Å²) in [6, 6.07) is 5.32. The van der Waals surface area contributed by atoms with Crippen LogP contribution < -0.4 is 14.8 Å². The standard InChI is InChI=1S/C16H17NO5/c1-3-17-9-12(16(19)20-2)13(18)6-4-11-5-7-14-15(8-11)22-10-21-14/h4-9,17H,3,10H2,1-2H3. The number of allylic oxidation sites excluding steroid dienone is 1. The van der Waals surface area contributed by atoms with Gasteiger partial charge in [-0.2, -0.15) is 0 Å². The third-order valence-electron chi connectivity index (χ3n) is 2.95. The summed E-state index contributed by atoms with van der Waals surface area (Å²) in [5, 5.41) is 2.82. The van der Waals surface area contributed by atoms with E-state index in [1.54, 1.807) is 24.3 Å². The molecule has 0 atom stereocenters. The van der Waals surface area contributed by atoms with Crippen molar-refractivity contribution >= 4 is 17.8 Å². The van der Waals surface area contributed by atoms with Gasteiger partial charge in [0.1, 0.15) is 5.57 Å². The highest BCUT2D eigenvalue weighted by atomic mass is 16.7. The fourth-order valence-electron chi connectivity index (χ4n) is 1.82. The van der Waals surface area contributed by atoms with Crippen molar-refractivity contribution in [2.24, 2.45) is 0 Å². The summed E-state index contributed by atoms with van der Waals surface area (Å²) in [6.07, 6.45) is 4.28. The van der Waals surface area contributed by atoms with Crippen LogP contribution in [0.1, 0.15) is 12.5 Å². The number of benzene rings is 1. The minimum atomic E-state index is -0.679. The SMILES string of the molecule is CCNC=C(C(=O)C=Cc1ccc2c(c1)OCO2)C(=O)OC. The summed E-state index contributed by atoms with van der Waals surface area (Å²) in [5.41, 5.74) is 0.714. The molecule has 0 bridgehead atoms. The molecule has 1 heterocycles. The minimum absolute atomic E-state index is 0.0543. The van der Waals surface area contributed by atoms with Crippen molar-refractivity contribution in [3.05, 3.63) is 41.6 Å². The van der Waals surface area contributed by atoms with Crippen LogP contribution in [0.5, 0.6) is 11.5 Å². The zero-order chi connectivity index (χ0) is 15.9. The molecule has 2 rings (SSSR count). The number of ether oxygens (including phenoxy) is 3. The van der Waals surface area contributed by atoms with E-state index in [-0.39, 0.29) is 12.4 Å². The number of ketones is 1. The lowest BCUT2D eigenvalue weighted by Gasteiger charge is -2.02. The minimum Gasteiger partial charge on any atom is -0.465 e.